The van der Waals surface area contributed by atoms with Gasteiger partial charge in [-0.1, -0.05) is 47.6 Å². The molecule has 0 aliphatic carbocycles. The average molecular weight is 451 g/mol. The second kappa shape index (κ2) is 9.11. The van der Waals surface area contributed by atoms with E-state index in [4.69, 9.17) is 4.52 Å². The molecule has 8 nitrogen and oxygen atoms in total. The topological polar surface area (TPSA) is 94.1 Å². The minimum Gasteiger partial charge on any atom is -0.334 e. The number of pyridine rings is 2. The van der Waals surface area contributed by atoms with Crippen molar-refractivity contribution < 1.29 is 9.32 Å². The highest BCUT2D eigenvalue weighted by Crippen LogP contribution is 2.27. The maximum atomic E-state index is 13.2. The molecule has 168 valence electrons. The van der Waals surface area contributed by atoms with Crippen LogP contribution < -0.4 is 10.5 Å². The number of aromatic nitrogens is 4. The molecule has 3 heterocycles. The Morgan fingerprint density at radius 1 is 1.00 bits per heavy atom. The van der Waals surface area contributed by atoms with Crippen LogP contribution in [0.2, 0.25) is 0 Å². The van der Waals surface area contributed by atoms with Crippen LogP contribution in [-0.2, 0) is 11.3 Å². The van der Waals surface area contributed by atoms with Gasteiger partial charge in [0.2, 0.25) is 11.7 Å². The number of carbonyl (C=O) groups is 1. The Kier molecular flexibility index (Phi) is 5.70. The molecule has 3 aromatic heterocycles. The molecule has 0 spiro atoms. The normalized spacial score (nSPS) is 11.0. The van der Waals surface area contributed by atoms with Crippen LogP contribution in [0.1, 0.15) is 6.92 Å². The van der Waals surface area contributed by atoms with Gasteiger partial charge < -0.3 is 9.42 Å². The highest BCUT2D eigenvalue weighted by atomic mass is 16.5. The van der Waals surface area contributed by atoms with Crippen LogP contribution in [0.3, 0.4) is 0 Å². The molecule has 5 rings (SSSR count). The van der Waals surface area contributed by atoms with E-state index in [1.165, 1.54) is 10.6 Å². The van der Waals surface area contributed by atoms with E-state index >= 15 is 0 Å². The summed E-state index contributed by atoms with van der Waals surface area (Å²) in [5.74, 6) is 0.372. The van der Waals surface area contributed by atoms with Gasteiger partial charge in [0, 0.05) is 29.9 Å². The molecule has 0 unspecified atom stereocenters. The number of amides is 1. The zero-order valence-electron chi connectivity index (χ0n) is 18.5. The van der Waals surface area contributed by atoms with Crippen molar-refractivity contribution in [2.24, 2.45) is 0 Å². The molecule has 0 fully saturated rings. The van der Waals surface area contributed by atoms with Gasteiger partial charge in [-0.05, 0) is 37.3 Å². The van der Waals surface area contributed by atoms with Crippen LogP contribution in [0.4, 0.5) is 5.69 Å². The number of hydrogen-bond acceptors (Lipinski definition) is 6. The van der Waals surface area contributed by atoms with Gasteiger partial charge in [0.05, 0.1) is 11.1 Å². The quantitative estimate of drug-likeness (QED) is 0.385. The van der Waals surface area contributed by atoms with Gasteiger partial charge in [-0.15, -0.1) is 0 Å². The molecular weight excluding hydrogens is 430 g/mol. The molecule has 1 amide bonds. The lowest BCUT2D eigenvalue weighted by atomic mass is 10.1. The number of carbonyl (C=O) groups excluding carboxylic acids is 1. The Morgan fingerprint density at radius 3 is 2.53 bits per heavy atom. The van der Waals surface area contributed by atoms with Crippen molar-refractivity contribution in [2.45, 2.75) is 13.5 Å². The molecule has 0 radical (unpaired) electrons. The molecule has 0 saturated heterocycles. The molecule has 2 aromatic carbocycles. The van der Waals surface area contributed by atoms with Gasteiger partial charge in [-0.3, -0.25) is 19.1 Å². The SMILES string of the molecule is CCN(C(=O)Cn1c(=O)cc(-c2nc(-c3ccccn3)no2)c2ccccc21)c1ccccc1. The van der Waals surface area contributed by atoms with Gasteiger partial charge in [-0.2, -0.15) is 4.98 Å². The van der Waals surface area contributed by atoms with Crippen LogP contribution in [-0.4, -0.2) is 32.1 Å². The third-order valence-electron chi connectivity index (χ3n) is 5.55. The smallest absolute Gasteiger partial charge is 0.259 e. The molecular formula is C26H21N5O3. The number of anilines is 1. The van der Waals surface area contributed by atoms with Gasteiger partial charge in [0.15, 0.2) is 0 Å². The maximum Gasteiger partial charge on any atom is 0.259 e. The number of rotatable bonds is 6. The van der Waals surface area contributed by atoms with Crippen molar-refractivity contribution >= 4 is 22.5 Å². The van der Waals surface area contributed by atoms with Crippen molar-refractivity contribution in [1.82, 2.24) is 19.7 Å². The van der Waals surface area contributed by atoms with Crippen LogP contribution in [0.5, 0.6) is 0 Å². The molecule has 0 atom stereocenters. The Bertz CT molecular complexity index is 1510. The third-order valence-corrected chi connectivity index (χ3v) is 5.55. The summed E-state index contributed by atoms with van der Waals surface area (Å²) in [5, 5.41) is 4.75. The Morgan fingerprint density at radius 2 is 1.76 bits per heavy atom. The first kappa shape index (κ1) is 21.3. The van der Waals surface area contributed by atoms with Crippen LogP contribution in [0.15, 0.2) is 94.4 Å². The standard InChI is InChI=1S/C26H21N5O3/c1-2-30(18-10-4-3-5-11-18)24(33)17-31-22-14-7-6-12-19(22)20(16-23(31)32)26-28-25(29-34-26)21-13-8-9-15-27-21/h3-16H,2,17H2,1H3. The average Bonchev–Trinajstić information content (AvgIpc) is 3.37. The first-order valence-corrected chi connectivity index (χ1v) is 10.9. The zero-order chi connectivity index (χ0) is 23.5. The van der Waals surface area contributed by atoms with Crippen LogP contribution in [0, 0.1) is 0 Å². The summed E-state index contributed by atoms with van der Waals surface area (Å²) in [5.41, 5.74) is 2.15. The second-order valence-corrected chi connectivity index (χ2v) is 7.61. The number of benzene rings is 2. The van der Waals surface area contributed by atoms with E-state index in [9.17, 15) is 9.59 Å². The highest BCUT2D eigenvalue weighted by Gasteiger charge is 2.20. The van der Waals surface area contributed by atoms with Crippen molar-refractivity contribution in [1.29, 1.82) is 0 Å². The van der Waals surface area contributed by atoms with Crippen molar-refractivity contribution in [3.8, 4) is 23.0 Å². The number of nitrogens with zero attached hydrogens (tertiary/aromatic N) is 5. The zero-order valence-corrected chi connectivity index (χ0v) is 18.5. The first-order chi connectivity index (χ1) is 16.7. The molecule has 5 aromatic rings. The lowest BCUT2D eigenvalue weighted by molar-refractivity contribution is -0.119. The fourth-order valence-corrected chi connectivity index (χ4v) is 3.94. The van der Waals surface area contributed by atoms with E-state index in [-0.39, 0.29) is 23.9 Å². The van der Waals surface area contributed by atoms with E-state index < -0.39 is 0 Å². The lowest BCUT2D eigenvalue weighted by Crippen LogP contribution is -2.36. The van der Waals surface area contributed by atoms with E-state index in [1.807, 2.05) is 67.6 Å². The van der Waals surface area contributed by atoms with Crippen molar-refractivity contribution in [3.05, 3.63) is 95.4 Å². The van der Waals surface area contributed by atoms with Crippen molar-refractivity contribution in [3.63, 3.8) is 0 Å². The fourth-order valence-electron chi connectivity index (χ4n) is 3.94. The summed E-state index contributed by atoms with van der Waals surface area (Å²) in [6.07, 6.45) is 1.65. The predicted molar refractivity (Wildman–Crippen MR) is 129 cm³/mol. The van der Waals surface area contributed by atoms with Crippen molar-refractivity contribution in [2.75, 3.05) is 11.4 Å². The van der Waals surface area contributed by atoms with E-state index in [1.54, 1.807) is 23.2 Å². The monoisotopic (exact) mass is 451 g/mol. The second-order valence-electron chi connectivity index (χ2n) is 7.61. The first-order valence-electron chi connectivity index (χ1n) is 10.9. The van der Waals surface area contributed by atoms with Gasteiger partial charge in [-0.25, -0.2) is 0 Å². The molecule has 0 N–H and O–H groups in total. The number of hydrogen-bond donors (Lipinski definition) is 0. The van der Waals surface area contributed by atoms with Gasteiger partial charge >= 0.3 is 0 Å². The van der Waals surface area contributed by atoms with Crippen LogP contribution in [0.25, 0.3) is 33.9 Å². The summed E-state index contributed by atoms with van der Waals surface area (Å²) in [6, 6.07) is 23.6. The van der Waals surface area contributed by atoms with Gasteiger partial charge in [0.1, 0.15) is 12.2 Å². The largest absolute Gasteiger partial charge is 0.334 e. The summed E-state index contributed by atoms with van der Waals surface area (Å²) in [7, 11) is 0. The Labute approximate surface area is 195 Å². The number of likely N-dealkylation sites (N-methyl/N-ethyl adjacent to an activating group) is 1. The molecule has 0 aliphatic rings. The number of fused-ring (bicyclic) bond motifs is 1. The van der Waals surface area contributed by atoms with Gasteiger partial charge in [0.25, 0.3) is 11.4 Å². The summed E-state index contributed by atoms with van der Waals surface area (Å²) in [6.45, 7) is 2.31. The minimum absolute atomic E-state index is 0.0919. The third kappa shape index (κ3) is 3.97. The van der Waals surface area contributed by atoms with E-state index in [2.05, 4.69) is 15.1 Å². The van der Waals surface area contributed by atoms with E-state index in [0.717, 1.165) is 11.1 Å². The number of para-hydroxylation sites is 2. The summed E-state index contributed by atoms with van der Waals surface area (Å²) >= 11 is 0. The Hall–Kier alpha value is -4.59. The summed E-state index contributed by atoms with van der Waals surface area (Å²) < 4.78 is 6.95. The Balaban J connectivity index is 1.55. The van der Waals surface area contributed by atoms with E-state index in [0.29, 0.717) is 29.1 Å². The lowest BCUT2D eigenvalue weighted by Gasteiger charge is -2.22. The fraction of sp³-hybridized carbons (Fsp3) is 0.115. The highest BCUT2D eigenvalue weighted by molar-refractivity contribution is 5.96. The van der Waals surface area contributed by atoms with Crippen LogP contribution >= 0.6 is 0 Å². The molecule has 0 bridgehead atoms. The predicted octanol–water partition coefficient (Wildman–Crippen LogP) is 4.17. The molecule has 0 aliphatic heterocycles. The maximum absolute atomic E-state index is 13.2. The molecule has 34 heavy (non-hydrogen) atoms. The molecule has 0 saturated carbocycles. The minimum atomic E-state index is -0.330. The molecule has 8 heteroatoms. The summed E-state index contributed by atoms with van der Waals surface area (Å²) in [4.78, 5) is 36.7.